The number of esters is 2. The lowest BCUT2D eigenvalue weighted by Gasteiger charge is -2.15. The topological polar surface area (TPSA) is 72.8 Å². The molecule has 402 valence electrons. The average Bonchev–Trinajstić information content (AvgIpc) is 3.36. The maximum atomic E-state index is 12.3. The number of unbranched alkanes of at least 4 members (excludes halogenated alkanes) is 30. The Morgan fingerprint density at radius 3 is 0.929 bits per heavy atom. The number of ether oxygens (including phenoxy) is 2. The van der Waals surface area contributed by atoms with Crippen molar-refractivity contribution in [3.63, 3.8) is 0 Å². The Morgan fingerprint density at radius 2 is 0.614 bits per heavy atom. The predicted octanol–water partition coefficient (Wildman–Crippen LogP) is 20.3. The average molecular weight is 974 g/mol. The molecule has 0 aliphatic heterocycles. The maximum Gasteiger partial charge on any atom is 0.306 e. The minimum Gasteiger partial charge on any atom is -0.462 e. The lowest BCUT2D eigenvalue weighted by atomic mass is 10.0. The van der Waals surface area contributed by atoms with Crippen molar-refractivity contribution >= 4 is 11.9 Å². The Morgan fingerprint density at radius 1 is 0.343 bits per heavy atom. The van der Waals surface area contributed by atoms with Crippen molar-refractivity contribution in [1.82, 2.24) is 0 Å². The molecule has 0 amide bonds. The van der Waals surface area contributed by atoms with Crippen LogP contribution in [-0.2, 0) is 19.1 Å². The van der Waals surface area contributed by atoms with Gasteiger partial charge in [-0.2, -0.15) is 0 Å². The number of allylic oxidation sites excluding steroid dienone is 16. The fourth-order valence-electron chi connectivity index (χ4n) is 8.41. The van der Waals surface area contributed by atoms with E-state index in [1.165, 1.54) is 173 Å². The third-order valence-electron chi connectivity index (χ3n) is 12.9. The second-order valence-electron chi connectivity index (χ2n) is 19.7. The number of carbonyl (C=O) groups excluding carboxylic acids is 2. The summed E-state index contributed by atoms with van der Waals surface area (Å²) >= 11 is 0. The number of hydrogen-bond donors (Lipinski definition) is 1. The lowest BCUT2D eigenvalue weighted by molar-refractivity contribution is -0.161. The summed E-state index contributed by atoms with van der Waals surface area (Å²) in [5, 5.41) is 9.67. The van der Waals surface area contributed by atoms with Crippen molar-refractivity contribution < 1.29 is 24.2 Å². The van der Waals surface area contributed by atoms with Gasteiger partial charge in [0.25, 0.3) is 0 Å². The van der Waals surface area contributed by atoms with Crippen LogP contribution in [0.15, 0.2) is 97.2 Å². The van der Waals surface area contributed by atoms with Gasteiger partial charge in [0.2, 0.25) is 0 Å². The molecule has 5 nitrogen and oxygen atoms in total. The number of aliphatic hydroxyl groups is 1. The summed E-state index contributed by atoms with van der Waals surface area (Å²) in [6.45, 7) is 4.03. The van der Waals surface area contributed by atoms with E-state index in [1.807, 2.05) is 0 Å². The standard InChI is InChI=1S/C65H112O5/c1-3-5-7-9-11-13-15-17-19-21-23-25-27-29-31-32-34-35-37-39-41-43-45-47-49-51-53-55-57-59-64(67)69-62-63(61-66)70-65(68)60-58-56-54-52-50-48-46-44-42-40-38-36-33-30-28-26-24-22-20-18-16-14-12-10-8-6-4-2/h6,8,12,14-15,17-18,20-21,23-24,26-27,29-30,33,63,66H,3-5,7,9-11,13,16,19,22,25,28,31-32,34-62H2,1-2H3/b8-6-,14-12-,17-15-,20-18-,23-21-,26-24-,29-27-,33-30-. The molecule has 0 radical (unpaired) electrons. The molecular formula is C65H112O5. The van der Waals surface area contributed by atoms with Crippen molar-refractivity contribution in [1.29, 1.82) is 0 Å². The Balaban J connectivity index is 3.50. The molecule has 0 saturated carbocycles. The van der Waals surface area contributed by atoms with Crippen LogP contribution >= 0.6 is 0 Å². The summed E-state index contributed by atoms with van der Waals surface area (Å²) in [7, 11) is 0. The zero-order chi connectivity index (χ0) is 50.6. The predicted molar refractivity (Wildman–Crippen MR) is 306 cm³/mol. The fraction of sp³-hybridized carbons (Fsp3) is 0.723. The van der Waals surface area contributed by atoms with E-state index in [0.717, 1.165) is 83.5 Å². The van der Waals surface area contributed by atoms with Gasteiger partial charge in [-0.05, 0) is 96.3 Å². The normalized spacial score (nSPS) is 12.9. The maximum absolute atomic E-state index is 12.3. The van der Waals surface area contributed by atoms with E-state index in [0.29, 0.717) is 12.8 Å². The van der Waals surface area contributed by atoms with Crippen molar-refractivity contribution in [2.45, 2.75) is 290 Å². The van der Waals surface area contributed by atoms with E-state index < -0.39 is 6.10 Å². The summed E-state index contributed by atoms with van der Waals surface area (Å²) in [6, 6.07) is 0. The third kappa shape index (κ3) is 57.4. The highest BCUT2D eigenvalue weighted by molar-refractivity contribution is 5.70. The highest BCUT2D eigenvalue weighted by Gasteiger charge is 2.16. The van der Waals surface area contributed by atoms with Crippen LogP contribution in [0.2, 0.25) is 0 Å². The van der Waals surface area contributed by atoms with Crippen molar-refractivity contribution in [2.75, 3.05) is 13.2 Å². The zero-order valence-electron chi connectivity index (χ0n) is 46.0. The molecule has 0 aliphatic rings. The van der Waals surface area contributed by atoms with Crippen LogP contribution in [0.5, 0.6) is 0 Å². The zero-order valence-corrected chi connectivity index (χ0v) is 46.0. The van der Waals surface area contributed by atoms with E-state index in [-0.39, 0.29) is 25.2 Å². The van der Waals surface area contributed by atoms with Crippen LogP contribution in [0.4, 0.5) is 0 Å². The van der Waals surface area contributed by atoms with Gasteiger partial charge in [0.15, 0.2) is 6.10 Å². The number of rotatable bonds is 54. The molecule has 1 N–H and O–H groups in total. The Kier molecular flexibility index (Phi) is 57.4. The molecule has 0 aromatic carbocycles. The summed E-state index contributed by atoms with van der Waals surface area (Å²) in [5.41, 5.74) is 0. The Hall–Kier alpha value is -3.18. The van der Waals surface area contributed by atoms with E-state index in [2.05, 4.69) is 111 Å². The molecule has 1 atom stereocenters. The van der Waals surface area contributed by atoms with Gasteiger partial charge >= 0.3 is 11.9 Å². The van der Waals surface area contributed by atoms with Crippen molar-refractivity contribution in [3.8, 4) is 0 Å². The largest absolute Gasteiger partial charge is 0.462 e. The van der Waals surface area contributed by atoms with Gasteiger partial charge < -0.3 is 14.6 Å². The Labute approximate surface area is 434 Å². The minimum absolute atomic E-state index is 0.0702. The van der Waals surface area contributed by atoms with Gasteiger partial charge in [0, 0.05) is 12.8 Å². The quantitative estimate of drug-likeness (QED) is 0.0373. The van der Waals surface area contributed by atoms with E-state index in [1.54, 1.807) is 0 Å². The van der Waals surface area contributed by atoms with Crippen LogP contribution in [0.3, 0.4) is 0 Å². The fourth-order valence-corrected chi connectivity index (χ4v) is 8.41. The van der Waals surface area contributed by atoms with Gasteiger partial charge in [0.05, 0.1) is 6.61 Å². The molecule has 0 heterocycles. The van der Waals surface area contributed by atoms with Crippen LogP contribution < -0.4 is 0 Å². The minimum atomic E-state index is -0.780. The molecule has 0 rings (SSSR count). The second-order valence-corrected chi connectivity index (χ2v) is 19.7. The highest BCUT2D eigenvalue weighted by Crippen LogP contribution is 2.16. The van der Waals surface area contributed by atoms with Crippen LogP contribution in [-0.4, -0.2) is 36.4 Å². The molecule has 5 heteroatoms. The Bertz CT molecular complexity index is 1330. The number of aliphatic hydroxyl groups excluding tert-OH is 1. The second kappa shape index (κ2) is 60.1. The number of carbonyl (C=O) groups is 2. The molecule has 0 bridgehead atoms. The van der Waals surface area contributed by atoms with E-state index in [9.17, 15) is 14.7 Å². The van der Waals surface area contributed by atoms with Gasteiger partial charge in [-0.1, -0.05) is 272 Å². The molecule has 0 aromatic rings. The monoisotopic (exact) mass is 973 g/mol. The first-order chi connectivity index (χ1) is 34.6. The van der Waals surface area contributed by atoms with Crippen molar-refractivity contribution in [3.05, 3.63) is 97.2 Å². The van der Waals surface area contributed by atoms with Crippen molar-refractivity contribution in [2.24, 2.45) is 0 Å². The summed E-state index contributed by atoms with van der Waals surface area (Å²) in [5.74, 6) is -0.591. The number of hydrogen-bond acceptors (Lipinski definition) is 5. The summed E-state index contributed by atoms with van der Waals surface area (Å²) in [6.07, 6.45) is 85.3. The highest BCUT2D eigenvalue weighted by atomic mass is 16.6. The first-order valence-electron chi connectivity index (χ1n) is 29.8. The van der Waals surface area contributed by atoms with Crippen LogP contribution in [0.1, 0.15) is 284 Å². The molecule has 0 fully saturated rings. The molecular weight excluding hydrogens is 861 g/mol. The van der Waals surface area contributed by atoms with Crippen LogP contribution in [0, 0.1) is 0 Å². The molecule has 0 saturated heterocycles. The third-order valence-corrected chi connectivity index (χ3v) is 12.9. The molecule has 0 spiro atoms. The van der Waals surface area contributed by atoms with E-state index >= 15 is 0 Å². The molecule has 0 aliphatic carbocycles. The SMILES string of the molecule is CC/C=C\C/C=C\C/C=C\C/C=C\C/C=C\CCCCCCCCCCCCCC(=O)OC(CO)COC(=O)CCCCCCCCCCCCCCCC/C=C\C/C=C\C/C=C\CCCCCCC. The molecule has 0 aromatic heterocycles. The smallest absolute Gasteiger partial charge is 0.306 e. The van der Waals surface area contributed by atoms with Gasteiger partial charge in [-0.25, -0.2) is 0 Å². The molecule has 70 heavy (non-hydrogen) atoms. The van der Waals surface area contributed by atoms with Gasteiger partial charge in [-0.3, -0.25) is 9.59 Å². The van der Waals surface area contributed by atoms with Gasteiger partial charge in [-0.15, -0.1) is 0 Å². The molecule has 1 unspecified atom stereocenters. The van der Waals surface area contributed by atoms with E-state index in [4.69, 9.17) is 9.47 Å². The first-order valence-corrected chi connectivity index (χ1v) is 29.8. The summed E-state index contributed by atoms with van der Waals surface area (Å²) < 4.78 is 10.7. The van der Waals surface area contributed by atoms with Crippen LogP contribution in [0.25, 0.3) is 0 Å². The lowest BCUT2D eigenvalue weighted by Crippen LogP contribution is -2.28. The van der Waals surface area contributed by atoms with Gasteiger partial charge in [0.1, 0.15) is 6.61 Å². The summed E-state index contributed by atoms with van der Waals surface area (Å²) in [4.78, 5) is 24.6. The first kappa shape index (κ1) is 66.8.